The van der Waals surface area contributed by atoms with Crippen LogP contribution in [0.3, 0.4) is 0 Å². The average Bonchev–Trinajstić information content (AvgIpc) is 3.12. The molecule has 1 aliphatic heterocycles. The monoisotopic (exact) mass is 263 g/mol. The zero-order chi connectivity index (χ0) is 13.5. The van der Waals surface area contributed by atoms with Crippen molar-refractivity contribution >= 4 is 23.2 Å². The maximum atomic E-state index is 10.9. The molecular formula is C16H11N2O2. The van der Waals surface area contributed by atoms with Crippen LogP contribution in [0.15, 0.2) is 47.2 Å². The fourth-order valence-corrected chi connectivity index (χ4v) is 2.82. The zero-order valence-electron chi connectivity index (χ0n) is 10.7. The van der Waals surface area contributed by atoms with Crippen molar-refractivity contribution in [1.29, 1.82) is 0 Å². The molecule has 1 amide bonds. The first-order valence-corrected chi connectivity index (χ1v) is 6.47. The average molecular weight is 263 g/mol. The first kappa shape index (κ1) is 11.2. The van der Waals surface area contributed by atoms with Crippen LogP contribution >= 0.6 is 0 Å². The second-order valence-corrected chi connectivity index (χ2v) is 4.83. The number of aromatic nitrogens is 1. The minimum atomic E-state index is 0.696. The summed E-state index contributed by atoms with van der Waals surface area (Å²) in [6, 6.07) is 12.0. The number of nitrogens with zero attached hydrogens (tertiary/aromatic N) is 2. The molecule has 0 fully saturated rings. The van der Waals surface area contributed by atoms with Crippen LogP contribution < -0.4 is 4.90 Å². The maximum Gasteiger partial charge on any atom is 0.316 e. The molecule has 0 spiro atoms. The van der Waals surface area contributed by atoms with Crippen LogP contribution in [0.1, 0.15) is 5.56 Å². The lowest BCUT2D eigenvalue weighted by Gasteiger charge is -2.11. The van der Waals surface area contributed by atoms with Crippen LogP contribution in [0.25, 0.3) is 22.2 Å². The minimum Gasteiger partial charge on any atom is -0.443 e. The summed E-state index contributed by atoms with van der Waals surface area (Å²) in [5.41, 5.74) is 6.01. The van der Waals surface area contributed by atoms with E-state index in [4.69, 9.17) is 4.42 Å². The SMILES string of the molecule is O=[C]N1CCc2c(-c3ccc4ocnc4c3)cccc21. The Morgan fingerprint density at radius 2 is 2.20 bits per heavy atom. The van der Waals surface area contributed by atoms with Gasteiger partial charge in [-0.3, -0.25) is 4.79 Å². The van der Waals surface area contributed by atoms with Crippen molar-refractivity contribution in [1.82, 2.24) is 4.98 Å². The molecule has 1 aromatic heterocycles. The molecule has 0 atom stereocenters. The van der Waals surface area contributed by atoms with E-state index >= 15 is 0 Å². The van der Waals surface area contributed by atoms with Gasteiger partial charge in [0.2, 0.25) is 0 Å². The lowest BCUT2D eigenvalue weighted by atomic mass is 9.97. The Morgan fingerprint density at radius 1 is 1.25 bits per heavy atom. The van der Waals surface area contributed by atoms with Crippen molar-refractivity contribution in [3.8, 4) is 11.1 Å². The highest BCUT2D eigenvalue weighted by Crippen LogP contribution is 2.36. The fourth-order valence-electron chi connectivity index (χ4n) is 2.82. The van der Waals surface area contributed by atoms with Crippen molar-refractivity contribution in [3.05, 3.63) is 48.4 Å². The van der Waals surface area contributed by atoms with E-state index in [2.05, 4.69) is 11.1 Å². The van der Waals surface area contributed by atoms with Crippen molar-refractivity contribution in [2.24, 2.45) is 0 Å². The largest absolute Gasteiger partial charge is 0.443 e. The summed E-state index contributed by atoms with van der Waals surface area (Å²) in [7, 11) is 0. The number of hydrogen-bond acceptors (Lipinski definition) is 3. The van der Waals surface area contributed by atoms with E-state index in [1.807, 2.05) is 36.7 Å². The van der Waals surface area contributed by atoms with Gasteiger partial charge in [0, 0.05) is 12.2 Å². The van der Waals surface area contributed by atoms with Gasteiger partial charge >= 0.3 is 6.41 Å². The topological polar surface area (TPSA) is 46.3 Å². The smallest absolute Gasteiger partial charge is 0.316 e. The fraction of sp³-hybridized carbons (Fsp3) is 0.125. The molecule has 4 nitrogen and oxygen atoms in total. The highest BCUT2D eigenvalue weighted by molar-refractivity contribution is 5.87. The van der Waals surface area contributed by atoms with Crippen LogP contribution in [0.4, 0.5) is 5.69 Å². The summed E-state index contributed by atoms with van der Waals surface area (Å²) in [6.45, 7) is 0.696. The molecule has 0 saturated heterocycles. The van der Waals surface area contributed by atoms with E-state index in [0.717, 1.165) is 34.3 Å². The van der Waals surface area contributed by atoms with E-state index in [9.17, 15) is 4.79 Å². The second kappa shape index (κ2) is 4.20. The molecule has 0 bridgehead atoms. The number of hydrogen-bond donors (Lipinski definition) is 0. The molecule has 4 heteroatoms. The van der Waals surface area contributed by atoms with Gasteiger partial charge in [-0.2, -0.15) is 0 Å². The van der Waals surface area contributed by atoms with Crippen LogP contribution in [0.2, 0.25) is 0 Å². The van der Waals surface area contributed by atoms with Crippen LogP contribution in [-0.2, 0) is 11.2 Å². The standard InChI is InChI=1S/C16H11N2O2/c19-10-18-7-6-13-12(2-1-3-15(13)18)11-4-5-16-14(8-11)17-9-20-16/h1-5,8-9H,6-7H2. The third kappa shape index (κ3) is 1.54. The Hall–Kier alpha value is -2.62. The first-order chi connectivity index (χ1) is 9.86. The Kier molecular flexibility index (Phi) is 2.36. The minimum absolute atomic E-state index is 0.696. The summed E-state index contributed by atoms with van der Waals surface area (Å²) in [5, 5.41) is 0. The highest BCUT2D eigenvalue weighted by Gasteiger charge is 2.22. The van der Waals surface area contributed by atoms with Gasteiger partial charge in [0.15, 0.2) is 12.0 Å². The summed E-state index contributed by atoms with van der Waals surface area (Å²) in [5.74, 6) is 0. The lowest BCUT2D eigenvalue weighted by molar-refractivity contribution is 0.552. The Bertz CT molecular complexity index is 807. The van der Waals surface area contributed by atoms with Crippen LogP contribution in [-0.4, -0.2) is 17.9 Å². The summed E-state index contributed by atoms with van der Waals surface area (Å²) >= 11 is 0. The molecule has 1 radical (unpaired) electrons. The molecule has 0 saturated carbocycles. The number of oxazole rings is 1. The third-order valence-electron chi connectivity index (χ3n) is 3.78. The van der Waals surface area contributed by atoms with Crippen molar-refractivity contribution < 1.29 is 9.21 Å². The van der Waals surface area contributed by atoms with Gasteiger partial charge in [0.25, 0.3) is 0 Å². The second-order valence-electron chi connectivity index (χ2n) is 4.83. The molecule has 0 aliphatic carbocycles. The number of anilines is 1. The zero-order valence-corrected chi connectivity index (χ0v) is 10.7. The Morgan fingerprint density at radius 3 is 3.10 bits per heavy atom. The van der Waals surface area contributed by atoms with E-state index in [0.29, 0.717) is 6.54 Å². The predicted molar refractivity (Wildman–Crippen MR) is 76.2 cm³/mol. The number of amides is 1. The molecule has 20 heavy (non-hydrogen) atoms. The molecule has 1 aliphatic rings. The summed E-state index contributed by atoms with van der Waals surface area (Å²) in [6.07, 6.45) is 4.29. The van der Waals surface area contributed by atoms with Crippen LogP contribution in [0, 0.1) is 0 Å². The third-order valence-corrected chi connectivity index (χ3v) is 3.78. The maximum absolute atomic E-state index is 10.9. The van der Waals surface area contributed by atoms with Gasteiger partial charge in [0.1, 0.15) is 5.52 Å². The van der Waals surface area contributed by atoms with Gasteiger partial charge < -0.3 is 9.32 Å². The van der Waals surface area contributed by atoms with Crippen molar-refractivity contribution in [2.45, 2.75) is 6.42 Å². The summed E-state index contributed by atoms with van der Waals surface area (Å²) < 4.78 is 5.27. The van der Waals surface area contributed by atoms with Crippen molar-refractivity contribution in [2.75, 3.05) is 11.4 Å². The molecule has 2 aromatic carbocycles. The van der Waals surface area contributed by atoms with E-state index < -0.39 is 0 Å². The summed E-state index contributed by atoms with van der Waals surface area (Å²) in [4.78, 5) is 16.8. The first-order valence-electron chi connectivity index (χ1n) is 6.47. The van der Waals surface area contributed by atoms with Crippen LogP contribution in [0.5, 0.6) is 0 Å². The van der Waals surface area contributed by atoms with Gasteiger partial charge in [-0.1, -0.05) is 18.2 Å². The molecule has 2 heterocycles. The van der Waals surface area contributed by atoms with E-state index in [-0.39, 0.29) is 0 Å². The molecule has 3 aromatic rings. The highest BCUT2D eigenvalue weighted by atomic mass is 16.3. The Labute approximate surface area is 115 Å². The van der Waals surface area contributed by atoms with E-state index in [1.165, 1.54) is 12.0 Å². The quantitative estimate of drug-likeness (QED) is 0.714. The molecule has 4 rings (SSSR count). The Balaban J connectivity index is 1.90. The molecule has 0 N–H and O–H groups in total. The molecule has 97 valence electrons. The van der Waals surface area contributed by atoms with Gasteiger partial charge in [-0.05, 0) is 41.3 Å². The normalized spacial score (nSPS) is 13.7. The number of fused-ring (bicyclic) bond motifs is 2. The molecule has 0 unspecified atom stereocenters. The molecular weight excluding hydrogens is 252 g/mol. The van der Waals surface area contributed by atoms with Gasteiger partial charge in [0.05, 0.1) is 0 Å². The number of carbonyl (C=O) groups excluding carboxylic acids is 1. The number of rotatable bonds is 2. The lowest BCUT2D eigenvalue weighted by Crippen LogP contribution is -2.16. The van der Waals surface area contributed by atoms with Gasteiger partial charge in [-0.15, -0.1) is 0 Å². The predicted octanol–water partition coefficient (Wildman–Crippen LogP) is 2.92. The van der Waals surface area contributed by atoms with Crippen molar-refractivity contribution in [3.63, 3.8) is 0 Å². The van der Waals surface area contributed by atoms with Gasteiger partial charge in [-0.25, -0.2) is 4.98 Å². The number of benzene rings is 2. The van der Waals surface area contributed by atoms with E-state index in [1.54, 1.807) is 4.90 Å².